The van der Waals surface area contributed by atoms with Crippen LogP contribution in [0.5, 0.6) is 0 Å². The number of hydrogen-bond donors (Lipinski definition) is 6. The van der Waals surface area contributed by atoms with Crippen molar-refractivity contribution in [1.82, 2.24) is 10.6 Å². The zero-order valence-corrected chi connectivity index (χ0v) is 76.3. The third-order valence-electron chi connectivity index (χ3n) is 24.2. The van der Waals surface area contributed by atoms with Gasteiger partial charge in [-0.25, -0.2) is 39.5 Å². The third-order valence-corrected chi connectivity index (χ3v) is 25.0. The summed E-state index contributed by atoms with van der Waals surface area (Å²) in [6, 6.07) is 14.2. The van der Waals surface area contributed by atoms with Crippen molar-refractivity contribution < 1.29 is 58.6 Å². The number of aliphatic hydroxyl groups excluding tert-OH is 2. The largest absolute Gasteiger partial charge is 0.511 e. The summed E-state index contributed by atoms with van der Waals surface area (Å²) < 4.78 is 21.9. The minimum absolute atomic E-state index is 0.00890. The topological polar surface area (TPSA) is 284 Å². The smallest absolute Gasteiger partial charge is 0.338 e. The standard InChI is InChI=1S/C46H52N4O5.C35H39BrN4O3.C11H13BO2.C6H14O2/c1-12-29-23(4)32-21-35-38(22(2)3)26(7)42(49-35)40(27-13-15-28(16-14-27)45(53)55-46(8,9)10)41-24(5)30(17-18-37(52)54-11)43(50-41)31-19-36(51)39-25(6)33(48-44(31)39)20-34(29)47-32;1-9-20-16(4)23-14-26-29(15(2)3)19(7)33(39-26)31(36)32-17(5)21(10-11-28(42)43-8)34(40-32)22-12-27(41)30-18(6)24(38-35(22)30)13-25(20)37-23;1-11(2,3)14-10(13)8-4-6-9(12)7-5-8;1-5(2,7)6(3,4)8/h13-16,20-22,24,30,50-51H,12,17-19H2,1-11H3;13-15,17,21,40-41H,9-12H2,1-8H3;4-7H,1-3H3;7-8H,1-4H3/t24-,30-;17-,21-;;/m00../s1. The molecule has 22 heteroatoms. The molecule has 4 atom stereocenters. The highest BCUT2D eigenvalue weighted by atomic mass is 79.9. The third kappa shape index (κ3) is 18.4. The van der Waals surface area contributed by atoms with Crippen molar-refractivity contribution in [3.63, 3.8) is 0 Å². The van der Waals surface area contributed by atoms with Crippen molar-refractivity contribution in [2.75, 3.05) is 14.2 Å². The van der Waals surface area contributed by atoms with E-state index in [9.17, 15) is 29.4 Å². The molecule has 120 heavy (non-hydrogen) atoms. The van der Waals surface area contributed by atoms with Gasteiger partial charge >= 0.3 is 23.9 Å². The second-order valence-corrected chi connectivity index (χ2v) is 37.0. The summed E-state index contributed by atoms with van der Waals surface area (Å²) in [6.45, 7) is 47.5. The molecule has 2 aliphatic carbocycles. The Kier molecular flexibility index (Phi) is 26.5. The van der Waals surface area contributed by atoms with E-state index in [1.54, 1.807) is 52.0 Å². The molecular formula is C98H118BBrN8O12. The Bertz CT molecular complexity index is 5450. The van der Waals surface area contributed by atoms with Crippen LogP contribution in [0.2, 0.25) is 0 Å². The fraction of sp³-hybridized carbons (Fsp3) is 0.449. The molecule has 20 nitrogen and oxygen atoms in total. The summed E-state index contributed by atoms with van der Waals surface area (Å²) in [7, 11) is 8.35. The summed E-state index contributed by atoms with van der Waals surface area (Å²) >= 11 is 3.98. The molecule has 0 saturated carbocycles. The van der Waals surface area contributed by atoms with Gasteiger partial charge in [-0.2, -0.15) is 0 Å². The molecule has 2 aromatic rings. The zero-order chi connectivity index (χ0) is 88.3. The normalized spacial score (nSPS) is 21.3. The van der Waals surface area contributed by atoms with Gasteiger partial charge in [0.05, 0.1) is 109 Å². The number of carbonyl (C=O) groups excluding carboxylic acids is 4. The number of esters is 4. The van der Waals surface area contributed by atoms with Crippen LogP contribution in [0.3, 0.4) is 0 Å². The van der Waals surface area contributed by atoms with Crippen LogP contribution in [0.4, 0.5) is 0 Å². The molecule has 16 bridgehead atoms. The Balaban J connectivity index is 0.000000190. The van der Waals surface area contributed by atoms with E-state index in [1.807, 2.05) is 79.7 Å². The van der Waals surface area contributed by atoms with Crippen molar-refractivity contribution in [2.24, 2.45) is 65.5 Å². The monoisotopic (exact) mass is 1690 g/mol. The molecule has 10 aliphatic heterocycles. The first-order valence-corrected chi connectivity index (χ1v) is 42.6. The van der Waals surface area contributed by atoms with Crippen molar-refractivity contribution in [2.45, 2.75) is 240 Å². The van der Waals surface area contributed by atoms with Crippen molar-refractivity contribution in [3.05, 3.63) is 241 Å². The number of carbonyl (C=O) groups is 4. The molecular weight excluding hydrogens is 1570 g/mol. The Labute approximate surface area is 718 Å². The molecule has 0 aromatic heterocycles. The quantitative estimate of drug-likeness (QED) is 0.0583. The van der Waals surface area contributed by atoms with Crippen LogP contribution in [0.15, 0.2) is 254 Å². The molecule has 632 valence electrons. The van der Waals surface area contributed by atoms with Crippen LogP contribution in [-0.2, 0) is 28.5 Å². The number of nitrogens with zero attached hydrogens (tertiary/aromatic N) is 6. The Hall–Kier alpha value is -10.2. The lowest BCUT2D eigenvalue weighted by molar-refractivity contribution is -0.141. The Morgan fingerprint density at radius 1 is 0.492 bits per heavy atom. The molecule has 2 radical (unpaired) electrons. The van der Waals surface area contributed by atoms with Crippen molar-refractivity contribution >= 4 is 93.0 Å². The van der Waals surface area contributed by atoms with Gasteiger partial charge in [-0.3, -0.25) is 9.59 Å². The van der Waals surface area contributed by atoms with Crippen LogP contribution < -0.4 is 16.1 Å². The number of rotatable bonds is 14. The van der Waals surface area contributed by atoms with Gasteiger partial charge < -0.3 is 50.0 Å². The van der Waals surface area contributed by atoms with Gasteiger partial charge in [-0.05, 0) is 274 Å². The summed E-state index contributed by atoms with van der Waals surface area (Å²) in [6.07, 6.45) is 12.4. The predicted molar refractivity (Wildman–Crippen MR) is 484 cm³/mol. The van der Waals surface area contributed by atoms with Crippen molar-refractivity contribution in [3.8, 4) is 0 Å². The lowest BCUT2D eigenvalue weighted by Gasteiger charge is -2.31. The maximum Gasteiger partial charge on any atom is 0.338 e. The summed E-state index contributed by atoms with van der Waals surface area (Å²) in [5.74, 6) is -0.277. The van der Waals surface area contributed by atoms with Gasteiger partial charge in [0.2, 0.25) is 0 Å². The van der Waals surface area contributed by atoms with Crippen LogP contribution >= 0.6 is 15.9 Å². The highest BCUT2D eigenvalue weighted by molar-refractivity contribution is 9.12. The van der Waals surface area contributed by atoms with Crippen LogP contribution in [0.25, 0.3) is 5.57 Å². The number of ether oxygens (including phenoxy) is 4. The number of halogens is 1. The maximum absolute atomic E-state index is 13.1. The predicted octanol–water partition coefficient (Wildman–Crippen LogP) is 19.7. The summed E-state index contributed by atoms with van der Waals surface area (Å²) in [4.78, 5) is 80.8. The summed E-state index contributed by atoms with van der Waals surface area (Å²) in [5, 5.41) is 48.7. The highest BCUT2D eigenvalue weighted by Gasteiger charge is 2.46. The fourth-order valence-electron chi connectivity index (χ4n) is 17.1. The number of aliphatic imine (C=N–C) groups is 6. The fourth-order valence-corrected chi connectivity index (χ4v) is 17.9. The number of benzene rings is 2. The molecule has 0 unspecified atom stereocenters. The maximum atomic E-state index is 13.1. The minimum atomic E-state index is -1.01. The number of methoxy groups -OCH3 is 2. The van der Waals surface area contributed by atoms with E-state index in [4.69, 9.17) is 67.0 Å². The van der Waals surface area contributed by atoms with E-state index < -0.39 is 22.4 Å². The number of nitrogens with one attached hydrogen (secondary N) is 2. The zero-order valence-electron chi connectivity index (χ0n) is 74.7. The van der Waals surface area contributed by atoms with Gasteiger partial charge in [-0.15, -0.1) is 0 Å². The SMILES string of the molecule is CC(C)(O)C(C)(C)O.CCC1=C(C)C2=NC1=CC1=C(C)C3=C(O)CC(=C4NC(=C(Br)C5=NC(=C2)C(C(C)C)=C5C)[C@@H](C)[C@@H]4CCC(=O)OC)C3=N1.CCC1=C(C)C2=NC1=CC1=C(C)C3=C(O)CC(=C4NC(=C(c5ccc(C(=O)OC(C)(C)C)cc5)C5=NC(=C2)C(C(C)C)=C5C)[C@@H](C)[C@@H]4CCC(=O)OC)C3=N1.[B]c1ccc(C(=O)OC(C)(C)C)cc1. The van der Waals surface area contributed by atoms with Crippen LogP contribution in [0.1, 0.15) is 244 Å². The lowest BCUT2D eigenvalue weighted by atomic mass is 9.83. The van der Waals surface area contributed by atoms with Gasteiger partial charge in [0.25, 0.3) is 0 Å². The number of hydrogen-bond acceptors (Lipinski definition) is 20. The van der Waals surface area contributed by atoms with Crippen molar-refractivity contribution in [1.29, 1.82) is 0 Å². The second-order valence-electron chi connectivity index (χ2n) is 36.2. The lowest BCUT2D eigenvalue weighted by Crippen LogP contribution is -2.44. The number of fused-ring (bicyclic) bond motifs is 10. The van der Waals surface area contributed by atoms with Crippen LogP contribution in [0, 0.1) is 35.5 Å². The van der Waals surface area contributed by atoms with Gasteiger partial charge in [-0.1, -0.05) is 85.1 Å². The van der Waals surface area contributed by atoms with Gasteiger partial charge in [0, 0.05) is 100 Å². The molecule has 2 saturated heterocycles. The van der Waals surface area contributed by atoms with E-state index in [0.29, 0.717) is 54.5 Å². The Morgan fingerprint density at radius 3 is 1.24 bits per heavy atom. The molecule has 2 fully saturated rings. The average molecular weight is 1690 g/mol. The van der Waals surface area contributed by atoms with Gasteiger partial charge in [0.1, 0.15) is 30.6 Å². The van der Waals surface area contributed by atoms with Gasteiger partial charge in [0.15, 0.2) is 0 Å². The molecule has 12 aliphatic rings. The second kappa shape index (κ2) is 35.1. The first-order chi connectivity index (χ1) is 56.1. The molecule has 10 heterocycles. The summed E-state index contributed by atoms with van der Waals surface area (Å²) in [5.41, 5.74) is 29.1. The molecule has 0 amide bonds. The van der Waals surface area contributed by atoms with E-state index in [1.165, 1.54) is 25.4 Å². The highest BCUT2D eigenvalue weighted by Crippen LogP contribution is 2.52. The molecule has 6 N–H and O–H groups in total. The van der Waals surface area contributed by atoms with E-state index in [-0.39, 0.29) is 71.6 Å². The molecule has 14 rings (SSSR count). The number of aliphatic hydroxyl groups is 4. The average Bonchev–Trinajstić information content (AvgIpc) is 1.57. The first-order valence-electron chi connectivity index (χ1n) is 41.8. The van der Waals surface area contributed by atoms with E-state index >= 15 is 0 Å². The Morgan fingerprint density at radius 2 is 0.867 bits per heavy atom. The molecule has 2 aromatic carbocycles. The van der Waals surface area contributed by atoms with Crippen LogP contribution in [-0.4, -0.2) is 123 Å². The number of allylic oxidation sites excluding steroid dienone is 24. The minimum Gasteiger partial charge on any atom is -0.511 e. The van der Waals surface area contributed by atoms with E-state index in [0.717, 1.165) is 187 Å². The molecule has 0 spiro atoms. The first kappa shape index (κ1) is 90.6. The van der Waals surface area contributed by atoms with E-state index in [2.05, 4.69) is 134 Å².